The molecule has 0 spiro atoms. The Morgan fingerprint density at radius 3 is 2.19 bits per heavy atom. The summed E-state index contributed by atoms with van der Waals surface area (Å²) in [6, 6.07) is 5.22. The van der Waals surface area contributed by atoms with Crippen LogP contribution in [0.3, 0.4) is 0 Å². The number of nitrogens with one attached hydrogen (secondary N) is 1. The van der Waals surface area contributed by atoms with Gasteiger partial charge < -0.3 is 5.32 Å². The topological polar surface area (TPSA) is 12.0 Å². The Kier molecular flexibility index (Phi) is 5.12. The molecule has 1 nitrogen and oxygen atoms in total. The second kappa shape index (κ2) is 6.51. The quantitative estimate of drug-likeness (QED) is 0.625. The highest BCUT2D eigenvalue weighted by Crippen LogP contribution is 2.36. The molecular formula is C15H12BrCl2F2N. The van der Waals surface area contributed by atoms with Crippen molar-refractivity contribution in [2.75, 3.05) is 5.32 Å². The Morgan fingerprint density at radius 2 is 1.62 bits per heavy atom. The van der Waals surface area contributed by atoms with Crippen LogP contribution < -0.4 is 5.32 Å². The van der Waals surface area contributed by atoms with Crippen LogP contribution in [0.2, 0.25) is 10.0 Å². The zero-order valence-electron chi connectivity index (χ0n) is 11.3. The van der Waals surface area contributed by atoms with E-state index >= 15 is 0 Å². The van der Waals surface area contributed by atoms with E-state index in [4.69, 9.17) is 23.2 Å². The van der Waals surface area contributed by atoms with Gasteiger partial charge >= 0.3 is 0 Å². The van der Waals surface area contributed by atoms with Gasteiger partial charge in [0.15, 0.2) is 0 Å². The first-order valence-corrected chi connectivity index (χ1v) is 7.71. The molecule has 0 aliphatic heterocycles. The average Bonchev–Trinajstić information content (AvgIpc) is 2.37. The maximum atomic E-state index is 14.0. The van der Waals surface area contributed by atoms with Gasteiger partial charge in [-0.3, -0.25) is 0 Å². The summed E-state index contributed by atoms with van der Waals surface area (Å²) in [6.45, 7) is 3.23. The molecule has 2 aromatic carbocycles. The summed E-state index contributed by atoms with van der Waals surface area (Å²) in [4.78, 5) is 0. The summed E-state index contributed by atoms with van der Waals surface area (Å²) in [7, 11) is 0. The highest BCUT2D eigenvalue weighted by atomic mass is 79.9. The predicted molar refractivity (Wildman–Crippen MR) is 87.3 cm³/mol. The monoisotopic (exact) mass is 393 g/mol. The van der Waals surface area contributed by atoms with E-state index in [2.05, 4.69) is 21.2 Å². The maximum Gasteiger partial charge on any atom is 0.128 e. The molecule has 0 amide bonds. The first-order chi connectivity index (χ1) is 9.79. The van der Waals surface area contributed by atoms with E-state index < -0.39 is 17.7 Å². The normalized spacial score (nSPS) is 12.3. The maximum absolute atomic E-state index is 14.0. The van der Waals surface area contributed by atoms with Crippen molar-refractivity contribution in [3.63, 3.8) is 0 Å². The van der Waals surface area contributed by atoms with E-state index in [1.165, 1.54) is 19.1 Å². The second-order valence-electron chi connectivity index (χ2n) is 4.73. The summed E-state index contributed by atoms with van der Waals surface area (Å²) in [5.41, 5.74) is 0.964. The van der Waals surface area contributed by atoms with Gasteiger partial charge in [0, 0.05) is 10.0 Å². The van der Waals surface area contributed by atoms with E-state index in [9.17, 15) is 8.78 Å². The predicted octanol–water partition coefficient (Wildman–Crippen LogP) is 6.52. The van der Waals surface area contributed by atoms with Crippen LogP contribution in [0.4, 0.5) is 14.5 Å². The smallest absolute Gasteiger partial charge is 0.128 e. The van der Waals surface area contributed by atoms with E-state index in [1.807, 2.05) is 0 Å². The highest BCUT2D eigenvalue weighted by molar-refractivity contribution is 9.10. The molecule has 0 radical (unpaired) electrons. The summed E-state index contributed by atoms with van der Waals surface area (Å²) in [6.07, 6.45) is 0. The lowest BCUT2D eigenvalue weighted by atomic mass is 10.0. The Morgan fingerprint density at radius 1 is 1.05 bits per heavy atom. The van der Waals surface area contributed by atoms with Gasteiger partial charge in [0.2, 0.25) is 0 Å². The molecule has 0 heterocycles. The van der Waals surface area contributed by atoms with E-state index in [-0.39, 0.29) is 11.1 Å². The van der Waals surface area contributed by atoms with Crippen molar-refractivity contribution in [2.45, 2.75) is 19.9 Å². The molecule has 0 aromatic heterocycles. The van der Waals surface area contributed by atoms with Crippen molar-refractivity contribution in [3.8, 4) is 0 Å². The summed E-state index contributed by atoms with van der Waals surface area (Å²) in [5.74, 6) is -0.925. The number of hydrogen-bond donors (Lipinski definition) is 1. The van der Waals surface area contributed by atoms with Crippen molar-refractivity contribution < 1.29 is 8.78 Å². The van der Waals surface area contributed by atoms with Crippen LogP contribution >= 0.6 is 39.1 Å². The Bertz CT molecular complexity index is 669. The molecule has 1 unspecified atom stereocenters. The molecule has 2 aromatic rings. The zero-order chi connectivity index (χ0) is 15.7. The van der Waals surface area contributed by atoms with Gasteiger partial charge in [-0.1, -0.05) is 39.1 Å². The van der Waals surface area contributed by atoms with Gasteiger partial charge in [0.05, 0.1) is 21.8 Å². The zero-order valence-corrected chi connectivity index (χ0v) is 14.4. The average molecular weight is 395 g/mol. The molecule has 21 heavy (non-hydrogen) atoms. The van der Waals surface area contributed by atoms with Crippen molar-refractivity contribution in [1.82, 2.24) is 0 Å². The number of rotatable bonds is 3. The summed E-state index contributed by atoms with van der Waals surface area (Å²) in [5, 5.41) is 3.81. The number of benzene rings is 2. The fraction of sp³-hybridized carbons (Fsp3) is 0.200. The van der Waals surface area contributed by atoms with Gasteiger partial charge in [-0.25, -0.2) is 8.78 Å². The number of halogens is 5. The third-order valence-corrected chi connectivity index (χ3v) is 4.17. The minimum Gasteiger partial charge on any atom is -0.376 e. The SMILES string of the molecule is Cc1cc(F)c(C(C)Nc2c(Cl)cc(Br)cc2Cl)cc1F. The number of aryl methyl sites for hydroxylation is 1. The van der Waals surface area contributed by atoms with Crippen LogP contribution in [-0.2, 0) is 0 Å². The van der Waals surface area contributed by atoms with Crippen LogP contribution in [0, 0.1) is 18.6 Å². The van der Waals surface area contributed by atoms with Crippen LogP contribution in [0.1, 0.15) is 24.1 Å². The van der Waals surface area contributed by atoms with Gasteiger partial charge in [0.1, 0.15) is 11.6 Å². The molecule has 0 bridgehead atoms. The second-order valence-corrected chi connectivity index (χ2v) is 6.46. The van der Waals surface area contributed by atoms with E-state index in [0.29, 0.717) is 15.7 Å². The Balaban J connectivity index is 2.35. The molecule has 2 rings (SSSR count). The van der Waals surface area contributed by atoms with Gasteiger partial charge in [-0.15, -0.1) is 0 Å². The molecule has 6 heteroatoms. The van der Waals surface area contributed by atoms with Gasteiger partial charge in [-0.2, -0.15) is 0 Å². The number of hydrogen-bond acceptors (Lipinski definition) is 1. The van der Waals surface area contributed by atoms with Crippen LogP contribution in [0.25, 0.3) is 0 Å². The largest absolute Gasteiger partial charge is 0.376 e. The molecule has 0 saturated carbocycles. The van der Waals surface area contributed by atoms with Gasteiger partial charge in [0.25, 0.3) is 0 Å². The van der Waals surface area contributed by atoms with Crippen molar-refractivity contribution in [3.05, 3.63) is 61.5 Å². The Labute approximate surface area is 140 Å². The standard InChI is InChI=1S/C15H12BrCl2F2N/c1-7-3-14(20)10(6-13(7)19)8(2)21-15-11(17)4-9(16)5-12(15)18/h3-6,8,21H,1-2H3. The molecule has 1 atom stereocenters. The molecular weight excluding hydrogens is 383 g/mol. The molecule has 1 N–H and O–H groups in total. The lowest BCUT2D eigenvalue weighted by Gasteiger charge is -2.19. The Hall–Kier alpha value is -0.840. The van der Waals surface area contributed by atoms with Gasteiger partial charge in [-0.05, 0) is 43.7 Å². The van der Waals surface area contributed by atoms with Crippen LogP contribution in [0.5, 0.6) is 0 Å². The third-order valence-electron chi connectivity index (χ3n) is 3.11. The van der Waals surface area contributed by atoms with Crippen molar-refractivity contribution in [2.24, 2.45) is 0 Å². The van der Waals surface area contributed by atoms with Crippen molar-refractivity contribution >= 4 is 44.8 Å². The minimum atomic E-state index is -0.490. The molecule has 0 fully saturated rings. The number of anilines is 1. The van der Waals surface area contributed by atoms with E-state index in [1.54, 1.807) is 19.1 Å². The fourth-order valence-electron chi connectivity index (χ4n) is 1.97. The summed E-state index contributed by atoms with van der Waals surface area (Å²) >= 11 is 15.5. The fourth-order valence-corrected chi connectivity index (χ4v) is 3.29. The van der Waals surface area contributed by atoms with Crippen LogP contribution in [-0.4, -0.2) is 0 Å². The first-order valence-electron chi connectivity index (χ1n) is 6.16. The van der Waals surface area contributed by atoms with Crippen LogP contribution in [0.15, 0.2) is 28.7 Å². The molecule has 0 aliphatic carbocycles. The van der Waals surface area contributed by atoms with Crippen molar-refractivity contribution in [1.29, 1.82) is 0 Å². The molecule has 112 valence electrons. The lowest BCUT2D eigenvalue weighted by molar-refractivity contribution is 0.571. The molecule has 0 saturated heterocycles. The minimum absolute atomic E-state index is 0.216. The first kappa shape index (κ1) is 16.5. The van der Waals surface area contributed by atoms with E-state index in [0.717, 1.165) is 4.47 Å². The molecule has 0 aliphatic rings. The third kappa shape index (κ3) is 3.68. The highest BCUT2D eigenvalue weighted by Gasteiger charge is 2.16. The lowest BCUT2D eigenvalue weighted by Crippen LogP contribution is -2.10. The summed E-state index contributed by atoms with van der Waals surface area (Å²) < 4.78 is 28.3.